The smallest absolute Gasteiger partial charge is 0.227 e. The summed E-state index contributed by atoms with van der Waals surface area (Å²) in [4.78, 5) is 30.4. The third-order valence-corrected chi connectivity index (χ3v) is 7.98. The van der Waals surface area contributed by atoms with Crippen LogP contribution in [0.15, 0.2) is 72.8 Å². The highest BCUT2D eigenvalue weighted by Gasteiger charge is 2.55. The summed E-state index contributed by atoms with van der Waals surface area (Å²) in [5, 5.41) is 0. The standard InChI is InChI=1S/C30H30F2N2O2/c1-33(2)27-12-4-3-7-20(27)15-29(36)34-18-25-26(19-34)30(14-13-28(25)35,21-8-5-10-23(31)16-21)22-9-6-11-24(32)17-22/h3-12,16-17,25-26H,13-15,18-19H2,1-2H3. The van der Waals surface area contributed by atoms with Crippen LogP contribution in [-0.4, -0.2) is 43.8 Å². The van der Waals surface area contributed by atoms with Crippen LogP contribution in [0.2, 0.25) is 0 Å². The van der Waals surface area contributed by atoms with Gasteiger partial charge in [-0.15, -0.1) is 0 Å². The van der Waals surface area contributed by atoms with Crippen molar-refractivity contribution in [2.45, 2.75) is 24.7 Å². The van der Waals surface area contributed by atoms with E-state index in [1.807, 2.05) is 55.4 Å². The molecule has 1 saturated carbocycles. The van der Waals surface area contributed by atoms with Crippen LogP contribution >= 0.6 is 0 Å². The summed E-state index contributed by atoms with van der Waals surface area (Å²) in [6.07, 6.45) is 0.986. The SMILES string of the molecule is CN(C)c1ccccc1CC(=O)N1CC2C(=O)CCC(c3cccc(F)c3)(c3cccc(F)c3)C2C1. The lowest BCUT2D eigenvalue weighted by molar-refractivity contribution is -0.129. The Morgan fingerprint density at radius 1 is 0.944 bits per heavy atom. The number of ketones is 1. The lowest BCUT2D eigenvalue weighted by atomic mass is 9.56. The Morgan fingerprint density at radius 2 is 1.58 bits per heavy atom. The molecule has 3 aromatic rings. The number of rotatable bonds is 5. The number of anilines is 1. The predicted molar refractivity (Wildman–Crippen MR) is 136 cm³/mol. The minimum Gasteiger partial charge on any atom is -0.377 e. The van der Waals surface area contributed by atoms with Crippen molar-refractivity contribution in [3.8, 4) is 0 Å². The number of nitrogens with zero attached hydrogens (tertiary/aromatic N) is 2. The van der Waals surface area contributed by atoms with Crippen molar-refractivity contribution in [2.24, 2.45) is 11.8 Å². The van der Waals surface area contributed by atoms with E-state index in [0.717, 1.165) is 22.4 Å². The van der Waals surface area contributed by atoms with Gasteiger partial charge in [-0.05, 0) is 53.4 Å². The number of benzene rings is 3. The summed E-state index contributed by atoms with van der Waals surface area (Å²) in [7, 11) is 3.89. The van der Waals surface area contributed by atoms with Crippen molar-refractivity contribution in [1.29, 1.82) is 0 Å². The average molecular weight is 489 g/mol. The molecule has 2 aliphatic rings. The number of carbonyl (C=O) groups excluding carboxylic acids is 2. The maximum Gasteiger partial charge on any atom is 0.227 e. The molecule has 36 heavy (non-hydrogen) atoms. The topological polar surface area (TPSA) is 40.6 Å². The Labute approximate surface area is 210 Å². The van der Waals surface area contributed by atoms with Crippen LogP contribution < -0.4 is 4.90 Å². The highest BCUT2D eigenvalue weighted by Crippen LogP contribution is 2.52. The molecular formula is C30H30F2N2O2. The summed E-state index contributed by atoms with van der Waals surface area (Å²) < 4.78 is 28.9. The minimum atomic E-state index is -0.765. The molecule has 2 fully saturated rings. The average Bonchev–Trinajstić information content (AvgIpc) is 3.32. The van der Waals surface area contributed by atoms with E-state index in [1.54, 1.807) is 17.0 Å². The van der Waals surface area contributed by atoms with Crippen molar-refractivity contribution >= 4 is 17.4 Å². The van der Waals surface area contributed by atoms with Crippen molar-refractivity contribution < 1.29 is 18.4 Å². The Bertz CT molecular complexity index is 1260. The Balaban J connectivity index is 1.53. The second-order valence-corrected chi connectivity index (χ2v) is 10.2. The zero-order valence-electron chi connectivity index (χ0n) is 20.6. The van der Waals surface area contributed by atoms with E-state index >= 15 is 0 Å². The van der Waals surface area contributed by atoms with Crippen LogP contribution in [-0.2, 0) is 21.4 Å². The van der Waals surface area contributed by atoms with E-state index in [4.69, 9.17) is 0 Å². The van der Waals surface area contributed by atoms with Gasteiger partial charge in [0, 0.05) is 56.5 Å². The van der Waals surface area contributed by atoms with Crippen LogP contribution in [0.3, 0.4) is 0 Å². The van der Waals surface area contributed by atoms with E-state index in [2.05, 4.69) is 0 Å². The first-order valence-corrected chi connectivity index (χ1v) is 12.4. The monoisotopic (exact) mass is 488 g/mol. The fraction of sp³-hybridized carbons (Fsp3) is 0.333. The quantitative estimate of drug-likeness (QED) is 0.508. The number of Topliss-reactive ketones (excluding diaryl/α,β-unsaturated/α-hetero) is 1. The number of hydrogen-bond acceptors (Lipinski definition) is 3. The van der Waals surface area contributed by atoms with Crippen molar-refractivity contribution in [2.75, 3.05) is 32.1 Å². The second-order valence-electron chi connectivity index (χ2n) is 10.2. The normalized spacial score (nSPS) is 20.8. The molecule has 1 amide bonds. The number of likely N-dealkylation sites (tertiary alicyclic amines) is 1. The van der Waals surface area contributed by atoms with Gasteiger partial charge in [0.05, 0.1) is 6.42 Å². The number of amides is 1. The molecule has 1 saturated heterocycles. The van der Waals surface area contributed by atoms with Crippen molar-refractivity contribution in [3.05, 3.63) is 101 Å². The molecule has 3 aromatic carbocycles. The van der Waals surface area contributed by atoms with Crippen LogP contribution in [0.1, 0.15) is 29.5 Å². The van der Waals surface area contributed by atoms with Gasteiger partial charge in [0.15, 0.2) is 0 Å². The van der Waals surface area contributed by atoms with Gasteiger partial charge in [0.25, 0.3) is 0 Å². The maximum absolute atomic E-state index is 14.4. The van der Waals surface area contributed by atoms with Gasteiger partial charge in [0.1, 0.15) is 17.4 Å². The molecular weight excluding hydrogens is 458 g/mol. The zero-order valence-corrected chi connectivity index (χ0v) is 20.6. The van der Waals surface area contributed by atoms with Gasteiger partial charge >= 0.3 is 0 Å². The molecule has 4 nitrogen and oxygen atoms in total. The van der Waals surface area contributed by atoms with E-state index in [0.29, 0.717) is 25.9 Å². The number of hydrogen-bond donors (Lipinski definition) is 0. The third kappa shape index (κ3) is 4.19. The first-order valence-electron chi connectivity index (χ1n) is 12.4. The summed E-state index contributed by atoms with van der Waals surface area (Å²) in [5.41, 5.74) is 2.59. The van der Waals surface area contributed by atoms with Gasteiger partial charge < -0.3 is 9.80 Å². The molecule has 0 spiro atoms. The molecule has 1 aliphatic heterocycles. The molecule has 0 N–H and O–H groups in total. The van der Waals surface area contributed by atoms with E-state index in [9.17, 15) is 18.4 Å². The van der Waals surface area contributed by atoms with E-state index in [-0.39, 0.29) is 41.6 Å². The molecule has 0 bridgehead atoms. The summed E-state index contributed by atoms with van der Waals surface area (Å²) in [6, 6.07) is 20.6. The minimum absolute atomic E-state index is 0.0427. The highest BCUT2D eigenvalue weighted by molar-refractivity contribution is 5.87. The molecule has 6 heteroatoms. The maximum atomic E-state index is 14.4. The van der Waals surface area contributed by atoms with Crippen molar-refractivity contribution in [3.63, 3.8) is 0 Å². The fourth-order valence-corrected chi connectivity index (χ4v) is 6.31. The first-order chi connectivity index (χ1) is 17.3. The number of halogens is 2. The van der Waals surface area contributed by atoms with Gasteiger partial charge in [-0.1, -0.05) is 42.5 Å². The summed E-state index contributed by atoms with van der Waals surface area (Å²) >= 11 is 0. The summed E-state index contributed by atoms with van der Waals surface area (Å²) in [6.45, 7) is 0.700. The van der Waals surface area contributed by atoms with Crippen LogP contribution in [0, 0.1) is 23.5 Å². The molecule has 2 unspecified atom stereocenters. The molecule has 1 aliphatic carbocycles. The largest absolute Gasteiger partial charge is 0.377 e. The van der Waals surface area contributed by atoms with Crippen LogP contribution in [0.25, 0.3) is 0 Å². The third-order valence-electron chi connectivity index (χ3n) is 7.98. The lowest BCUT2D eigenvalue weighted by Crippen LogP contribution is -2.47. The van der Waals surface area contributed by atoms with Crippen molar-refractivity contribution in [1.82, 2.24) is 4.90 Å². The molecule has 1 heterocycles. The summed E-state index contributed by atoms with van der Waals surface area (Å²) in [5.74, 6) is -1.31. The van der Waals surface area contributed by atoms with E-state index < -0.39 is 5.41 Å². The number of fused-ring (bicyclic) bond motifs is 1. The fourth-order valence-electron chi connectivity index (χ4n) is 6.31. The number of para-hydroxylation sites is 1. The Kier molecular flexibility index (Phi) is 6.37. The molecule has 186 valence electrons. The van der Waals surface area contributed by atoms with E-state index in [1.165, 1.54) is 24.3 Å². The molecule has 5 rings (SSSR count). The van der Waals surface area contributed by atoms with Gasteiger partial charge in [-0.25, -0.2) is 8.78 Å². The highest BCUT2D eigenvalue weighted by atomic mass is 19.1. The van der Waals surface area contributed by atoms with Gasteiger partial charge in [-0.3, -0.25) is 9.59 Å². The molecule has 0 radical (unpaired) electrons. The first kappa shape index (κ1) is 24.2. The number of carbonyl (C=O) groups is 2. The predicted octanol–water partition coefficient (Wildman–Crippen LogP) is 5.00. The molecule has 2 atom stereocenters. The Morgan fingerprint density at radius 3 is 2.19 bits per heavy atom. The van der Waals surface area contributed by atoms with Gasteiger partial charge in [-0.2, -0.15) is 0 Å². The Hall–Kier alpha value is -3.54. The zero-order chi connectivity index (χ0) is 25.4. The molecule has 0 aromatic heterocycles. The second kappa shape index (κ2) is 9.49. The van der Waals surface area contributed by atoms with Crippen LogP contribution in [0.4, 0.5) is 14.5 Å². The van der Waals surface area contributed by atoms with Gasteiger partial charge in [0.2, 0.25) is 5.91 Å². The lowest BCUT2D eigenvalue weighted by Gasteiger charge is -2.45. The van der Waals surface area contributed by atoms with Crippen LogP contribution in [0.5, 0.6) is 0 Å².